The lowest BCUT2D eigenvalue weighted by atomic mass is 10.3. The average Bonchev–Trinajstić information content (AvgIpc) is 1.82. The summed E-state index contributed by atoms with van der Waals surface area (Å²) in [6.07, 6.45) is 0. The van der Waals surface area contributed by atoms with Crippen LogP contribution in [-0.2, 0) is 9.59 Å². The molecule has 1 amide bonds. The zero-order valence-corrected chi connectivity index (χ0v) is 5.63. The summed E-state index contributed by atoms with van der Waals surface area (Å²) >= 11 is 0. The first-order valence-electron chi connectivity index (χ1n) is 2.78. The standard InChI is InChI=1S/C5H10N2O3/c1-3(5(9)10)7-2-4(6)8/h3,7H,2H2,1H3,(H2,6,8)(H,9,10)/t3-/m0/s1. The van der Waals surface area contributed by atoms with Crippen molar-refractivity contribution in [3.05, 3.63) is 0 Å². The van der Waals surface area contributed by atoms with Crippen molar-refractivity contribution in [1.29, 1.82) is 0 Å². The van der Waals surface area contributed by atoms with Crippen molar-refractivity contribution in [2.75, 3.05) is 6.54 Å². The lowest BCUT2D eigenvalue weighted by Crippen LogP contribution is -2.39. The van der Waals surface area contributed by atoms with Crippen LogP contribution in [0.25, 0.3) is 0 Å². The van der Waals surface area contributed by atoms with Gasteiger partial charge in [-0.15, -0.1) is 0 Å². The highest BCUT2D eigenvalue weighted by molar-refractivity contribution is 5.78. The van der Waals surface area contributed by atoms with Crippen LogP contribution >= 0.6 is 0 Å². The Morgan fingerprint density at radius 2 is 2.20 bits per heavy atom. The highest BCUT2D eigenvalue weighted by atomic mass is 16.4. The Hall–Kier alpha value is -1.10. The molecule has 0 aliphatic rings. The summed E-state index contributed by atoms with van der Waals surface area (Å²) in [5.41, 5.74) is 4.75. The topological polar surface area (TPSA) is 92.4 Å². The molecule has 0 aromatic heterocycles. The van der Waals surface area contributed by atoms with E-state index in [9.17, 15) is 9.59 Å². The fourth-order valence-corrected chi connectivity index (χ4v) is 0.341. The summed E-state index contributed by atoms with van der Waals surface area (Å²) in [7, 11) is 0. The van der Waals surface area contributed by atoms with E-state index in [0.29, 0.717) is 0 Å². The third-order valence-corrected chi connectivity index (χ3v) is 0.953. The van der Waals surface area contributed by atoms with Gasteiger partial charge in [0.25, 0.3) is 0 Å². The first-order chi connectivity index (χ1) is 4.54. The number of rotatable bonds is 4. The van der Waals surface area contributed by atoms with Crippen molar-refractivity contribution in [1.82, 2.24) is 5.32 Å². The number of aliphatic carboxylic acids is 1. The minimum absolute atomic E-state index is 0.104. The fraction of sp³-hybridized carbons (Fsp3) is 0.600. The van der Waals surface area contributed by atoms with Crippen LogP contribution < -0.4 is 11.1 Å². The number of carboxylic acids is 1. The van der Waals surface area contributed by atoms with E-state index in [1.165, 1.54) is 6.92 Å². The van der Waals surface area contributed by atoms with Crippen LogP contribution in [0.3, 0.4) is 0 Å². The van der Waals surface area contributed by atoms with Gasteiger partial charge in [-0.2, -0.15) is 0 Å². The van der Waals surface area contributed by atoms with Crippen molar-refractivity contribution in [2.45, 2.75) is 13.0 Å². The average molecular weight is 146 g/mol. The number of hydrogen-bond acceptors (Lipinski definition) is 3. The van der Waals surface area contributed by atoms with Gasteiger partial charge < -0.3 is 10.8 Å². The third-order valence-electron chi connectivity index (χ3n) is 0.953. The molecule has 0 rings (SSSR count). The van der Waals surface area contributed by atoms with Gasteiger partial charge in [0.1, 0.15) is 6.04 Å². The largest absolute Gasteiger partial charge is 0.480 e. The molecule has 0 saturated heterocycles. The molecule has 5 heteroatoms. The predicted octanol–water partition coefficient (Wildman–Crippen LogP) is -1.47. The van der Waals surface area contributed by atoms with Gasteiger partial charge >= 0.3 is 5.97 Å². The van der Waals surface area contributed by atoms with Gasteiger partial charge in [-0.1, -0.05) is 0 Å². The minimum atomic E-state index is -0.999. The van der Waals surface area contributed by atoms with E-state index < -0.39 is 17.9 Å². The molecule has 0 aromatic rings. The maximum atomic E-state index is 10.1. The van der Waals surface area contributed by atoms with E-state index in [1.54, 1.807) is 0 Å². The van der Waals surface area contributed by atoms with Gasteiger partial charge in [0.05, 0.1) is 6.54 Å². The summed E-state index contributed by atoms with van der Waals surface area (Å²) < 4.78 is 0. The highest BCUT2D eigenvalue weighted by Gasteiger charge is 2.09. The Morgan fingerprint density at radius 3 is 2.50 bits per heavy atom. The summed E-state index contributed by atoms with van der Waals surface area (Å²) in [6.45, 7) is 1.33. The van der Waals surface area contributed by atoms with Crippen LogP contribution in [0.1, 0.15) is 6.92 Å². The molecule has 4 N–H and O–H groups in total. The summed E-state index contributed by atoms with van der Waals surface area (Å²) in [5.74, 6) is -1.56. The van der Waals surface area contributed by atoms with Crippen LogP contribution in [0.15, 0.2) is 0 Å². The zero-order valence-electron chi connectivity index (χ0n) is 5.63. The third kappa shape index (κ3) is 3.85. The van der Waals surface area contributed by atoms with Crippen molar-refractivity contribution in [3.63, 3.8) is 0 Å². The summed E-state index contributed by atoms with van der Waals surface area (Å²) in [6, 6.07) is -0.729. The number of hydrogen-bond donors (Lipinski definition) is 3. The molecule has 0 fully saturated rings. The van der Waals surface area contributed by atoms with Crippen molar-refractivity contribution < 1.29 is 14.7 Å². The molecule has 58 valence electrons. The normalized spacial score (nSPS) is 12.5. The first kappa shape index (κ1) is 8.90. The Balaban J connectivity index is 3.49. The van der Waals surface area contributed by atoms with E-state index in [-0.39, 0.29) is 6.54 Å². The molecule has 0 saturated carbocycles. The molecular formula is C5H10N2O3. The van der Waals surface area contributed by atoms with Gasteiger partial charge in [0.2, 0.25) is 5.91 Å². The van der Waals surface area contributed by atoms with Crippen LogP contribution in [0.2, 0.25) is 0 Å². The van der Waals surface area contributed by atoms with Crippen molar-refractivity contribution in [3.8, 4) is 0 Å². The molecule has 0 spiro atoms. The van der Waals surface area contributed by atoms with E-state index in [4.69, 9.17) is 10.8 Å². The number of carbonyl (C=O) groups excluding carboxylic acids is 1. The number of primary amides is 1. The first-order valence-corrected chi connectivity index (χ1v) is 2.78. The van der Waals surface area contributed by atoms with Gasteiger partial charge in [-0.25, -0.2) is 0 Å². The van der Waals surface area contributed by atoms with Gasteiger partial charge in [0, 0.05) is 0 Å². The maximum absolute atomic E-state index is 10.1. The molecule has 0 aliphatic carbocycles. The molecule has 1 atom stereocenters. The van der Waals surface area contributed by atoms with E-state index in [2.05, 4.69) is 5.32 Å². The van der Waals surface area contributed by atoms with Crippen LogP contribution in [0.5, 0.6) is 0 Å². The quantitative estimate of drug-likeness (QED) is 0.451. The van der Waals surface area contributed by atoms with E-state index >= 15 is 0 Å². The SMILES string of the molecule is C[C@H](NCC(N)=O)C(=O)O. The maximum Gasteiger partial charge on any atom is 0.320 e. The lowest BCUT2D eigenvalue weighted by Gasteiger charge is -2.05. The summed E-state index contributed by atoms with van der Waals surface area (Å²) in [4.78, 5) is 20.2. The number of carbonyl (C=O) groups is 2. The monoisotopic (exact) mass is 146 g/mol. The molecule has 0 radical (unpaired) electrons. The van der Waals surface area contributed by atoms with Gasteiger partial charge in [0.15, 0.2) is 0 Å². The van der Waals surface area contributed by atoms with E-state index in [1.807, 2.05) is 0 Å². The van der Waals surface area contributed by atoms with Crippen LogP contribution in [0, 0.1) is 0 Å². The molecular weight excluding hydrogens is 136 g/mol. The molecule has 0 aromatic carbocycles. The van der Waals surface area contributed by atoms with Crippen molar-refractivity contribution >= 4 is 11.9 Å². The molecule has 5 nitrogen and oxygen atoms in total. The summed E-state index contributed by atoms with van der Waals surface area (Å²) in [5, 5.41) is 10.7. The molecule has 0 unspecified atom stereocenters. The van der Waals surface area contributed by atoms with Gasteiger partial charge in [-0.05, 0) is 6.92 Å². The number of amides is 1. The Labute approximate surface area is 58.2 Å². The number of nitrogens with two attached hydrogens (primary N) is 1. The molecule has 0 bridgehead atoms. The molecule has 0 heterocycles. The predicted molar refractivity (Wildman–Crippen MR) is 34.3 cm³/mol. The lowest BCUT2D eigenvalue weighted by molar-refractivity contribution is -0.139. The Kier molecular flexibility index (Phi) is 3.42. The highest BCUT2D eigenvalue weighted by Crippen LogP contribution is 1.77. The van der Waals surface area contributed by atoms with Gasteiger partial charge in [-0.3, -0.25) is 14.9 Å². The van der Waals surface area contributed by atoms with Crippen molar-refractivity contribution in [2.24, 2.45) is 5.73 Å². The number of carboxylic acid groups (broad SMARTS) is 1. The Bertz CT molecular complexity index is 146. The van der Waals surface area contributed by atoms with Crippen LogP contribution in [-0.4, -0.2) is 29.6 Å². The smallest absolute Gasteiger partial charge is 0.320 e. The fourth-order valence-electron chi connectivity index (χ4n) is 0.341. The number of nitrogens with one attached hydrogen (secondary N) is 1. The van der Waals surface area contributed by atoms with Crippen LogP contribution in [0.4, 0.5) is 0 Å². The van der Waals surface area contributed by atoms with E-state index in [0.717, 1.165) is 0 Å². The minimum Gasteiger partial charge on any atom is -0.480 e. The second-order valence-electron chi connectivity index (χ2n) is 1.91. The zero-order chi connectivity index (χ0) is 8.15. The molecule has 0 aliphatic heterocycles. The molecule has 10 heavy (non-hydrogen) atoms. The second kappa shape index (κ2) is 3.84. The second-order valence-corrected chi connectivity index (χ2v) is 1.91. The Morgan fingerprint density at radius 1 is 1.70 bits per heavy atom.